The van der Waals surface area contributed by atoms with Crippen LogP contribution in [0.15, 0.2) is 30.3 Å². The van der Waals surface area contributed by atoms with E-state index in [2.05, 4.69) is 16.0 Å². The fraction of sp³-hybridized carbons (Fsp3) is 0.476. The quantitative estimate of drug-likeness (QED) is 0.200. The van der Waals surface area contributed by atoms with E-state index in [4.69, 9.17) is 10.8 Å². The zero-order chi connectivity index (χ0) is 25.0. The topological polar surface area (TPSA) is 188 Å². The maximum Gasteiger partial charge on any atom is 0.325 e. The standard InChI is InChI=1S/C21H30N4O7S/c1-12(21(31)32)23-19(29)15(8-9-33-2)24-20(30)16(11-17(26)27)25-18(28)14(22)10-13-6-4-3-5-7-13/h3-7,12,14-16H,8-11,22H2,1-2H3,(H,23,29)(H,24,30)(H,25,28)(H,26,27)(H,31,32). The van der Waals surface area contributed by atoms with E-state index in [1.165, 1.54) is 18.7 Å². The number of hydrogen-bond acceptors (Lipinski definition) is 7. The third-order valence-corrected chi connectivity index (χ3v) is 5.26. The first kappa shape index (κ1) is 27.9. The fourth-order valence-corrected chi connectivity index (χ4v) is 3.25. The number of hydrogen-bond donors (Lipinski definition) is 6. The Labute approximate surface area is 195 Å². The molecular formula is C21H30N4O7S. The molecule has 33 heavy (non-hydrogen) atoms. The van der Waals surface area contributed by atoms with Crippen molar-refractivity contribution >= 4 is 41.4 Å². The van der Waals surface area contributed by atoms with E-state index in [1.807, 2.05) is 6.07 Å². The minimum Gasteiger partial charge on any atom is -0.481 e. The number of benzene rings is 1. The number of nitrogens with two attached hydrogens (primary N) is 1. The Balaban J connectivity index is 2.88. The lowest BCUT2D eigenvalue weighted by Crippen LogP contribution is -2.57. The molecule has 12 heteroatoms. The van der Waals surface area contributed by atoms with Crippen LogP contribution in [0.2, 0.25) is 0 Å². The Hall–Kier alpha value is -3.12. The number of rotatable bonds is 14. The summed E-state index contributed by atoms with van der Waals surface area (Å²) >= 11 is 1.41. The molecule has 0 radical (unpaired) electrons. The van der Waals surface area contributed by atoms with E-state index in [0.29, 0.717) is 5.75 Å². The van der Waals surface area contributed by atoms with Crippen LogP contribution in [0.3, 0.4) is 0 Å². The zero-order valence-corrected chi connectivity index (χ0v) is 19.3. The highest BCUT2D eigenvalue weighted by atomic mass is 32.2. The lowest BCUT2D eigenvalue weighted by Gasteiger charge is -2.24. The summed E-state index contributed by atoms with van der Waals surface area (Å²) in [5.74, 6) is -4.45. The molecule has 1 aromatic rings. The molecule has 0 aromatic heterocycles. The average molecular weight is 483 g/mol. The molecule has 0 aliphatic rings. The van der Waals surface area contributed by atoms with Gasteiger partial charge in [0.05, 0.1) is 12.5 Å². The predicted molar refractivity (Wildman–Crippen MR) is 122 cm³/mol. The van der Waals surface area contributed by atoms with Crippen LogP contribution in [0.4, 0.5) is 0 Å². The van der Waals surface area contributed by atoms with Crippen LogP contribution < -0.4 is 21.7 Å². The van der Waals surface area contributed by atoms with Crippen LogP contribution in [-0.2, 0) is 30.4 Å². The van der Waals surface area contributed by atoms with Crippen molar-refractivity contribution in [2.45, 2.75) is 50.4 Å². The van der Waals surface area contributed by atoms with Crippen LogP contribution in [-0.4, -0.2) is 76.0 Å². The van der Waals surface area contributed by atoms with Gasteiger partial charge in [-0.3, -0.25) is 24.0 Å². The molecule has 4 unspecified atom stereocenters. The van der Waals surface area contributed by atoms with Gasteiger partial charge in [-0.2, -0.15) is 11.8 Å². The van der Waals surface area contributed by atoms with Crippen LogP contribution in [0.25, 0.3) is 0 Å². The maximum absolute atomic E-state index is 12.8. The molecule has 0 saturated heterocycles. The highest BCUT2D eigenvalue weighted by molar-refractivity contribution is 7.98. The number of thioether (sulfide) groups is 1. The molecule has 7 N–H and O–H groups in total. The smallest absolute Gasteiger partial charge is 0.325 e. The van der Waals surface area contributed by atoms with Crippen LogP contribution in [0.1, 0.15) is 25.3 Å². The molecule has 4 atom stereocenters. The van der Waals surface area contributed by atoms with E-state index in [9.17, 15) is 29.1 Å². The molecule has 0 aliphatic carbocycles. The van der Waals surface area contributed by atoms with Gasteiger partial charge in [-0.05, 0) is 37.3 Å². The van der Waals surface area contributed by atoms with Crippen molar-refractivity contribution in [1.29, 1.82) is 0 Å². The first-order valence-electron chi connectivity index (χ1n) is 10.2. The second-order valence-corrected chi connectivity index (χ2v) is 8.35. The van der Waals surface area contributed by atoms with Crippen LogP contribution >= 0.6 is 11.8 Å². The minimum atomic E-state index is -1.47. The second-order valence-electron chi connectivity index (χ2n) is 7.37. The molecule has 1 rings (SSSR count). The Bertz CT molecular complexity index is 837. The lowest BCUT2D eigenvalue weighted by atomic mass is 10.0. The van der Waals surface area contributed by atoms with Gasteiger partial charge in [-0.1, -0.05) is 30.3 Å². The van der Waals surface area contributed by atoms with Gasteiger partial charge in [0.15, 0.2) is 0 Å². The summed E-state index contributed by atoms with van der Waals surface area (Å²) < 4.78 is 0. The summed E-state index contributed by atoms with van der Waals surface area (Å²) in [5.41, 5.74) is 6.71. The summed E-state index contributed by atoms with van der Waals surface area (Å²) in [6, 6.07) is 4.14. The van der Waals surface area contributed by atoms with Gasteiger partial charge in [0, 0.05) is 0 Å². The van der Waals surface area contributed by atoms with E-state index in [1.54, 1.807) is 30.5 Å². The van der Waals surface area contributed by atoms with Crippen molar-refractivity contribution in [2.75, 3.05) is 12.0 Å². The molecule has 3 amide bonds. The summed E-state index contributed by atoms with van der Waals surface area (Å²) in [4.78, 5) is 60.0. The Kier molecular flexibility index (Phi) is 11.9. The number of carboxylic acid groups (broad SMARTS) is 2. The number of aliphatic carboxylic acids is 2. The van der Waals surface area contributed by atoms with E-state index >= 15 is 0 Å². The zero-order valence-electron chi connectivity index (χ0n) is 18.4. The van der Waals surface area contributed by atoms with Gasteiger partial charge >= 0.3 is 11.9 Å². The molecule has 0 aliphatic heterocycles. The molecule has 0 spiro atoms. The van der Waals surface area contributed by atoms with Gasteiger partial charge in [0.2, 0.25) is 17.7 Å². The molecule has 1 aromatic carbocycles. The summed E-state index contributed by atoms with van der Waals surface area (Å²) in [6.45, 7) is 1.27. The van der Waals surface area contributed by atoms with Gasteiger partial charge in [-0.25, -0.2) is 0 Å². The summed E-state index contributed by atoms with van der Waals surface area (Å²) in [5, 5.41) is 25.2. The van der Waals surface area contributed by atoms with Gasteiger partial charge < -0.3 is 31.9 Å². The molecule has 0 heterocycles. The van der Waals surface area contributed by atoms with Crippen molar-refractivity contribution in [3.8, 4) is 0 Å². The number of carbonyl (C=O) groups excluding carboxylic acids is 3. The van der Waals surface area contributed by atoms with E-state index in [-0.39, 0.29) is 12.8 Å². The van der Waals surface area contributed by atoms with Gasteiger partial charge in [0.1, 0.15) is 18.1 Å². The molecule has 0 fully saturated rings. The third-order valence-electron chi connectivity index (χ3n) is 4.62. The van der Waals surface area contributed by atoms with Crippen LogP contribution in [0.5, 0.6) is 0 Å². The minimum absolute atomic E-state index is 0.173. The predicted octanol–water partition coefficient (Wildman–Crippen LogP) is -0.657. The number of nitrogens with one attached hydrogen (secondary N) is 3. The summed E-state index contributed by atoms with van der Waals surface area (Å²) in [7, 11) is 0. The number of carboxylic acids is 2. The Morgan fingerprint density at radius 1 is 0.939 bits per heavy atom. The van der Waals surface area contributed by atoms with Crippen molar-refractivity contribution in [1.82, 2.24) is 16.0 Å². The highest BCUT2D eigenvalue weighted by Gasteiger charge is 2.30. The Morgan fingerprint density at radius 3 is 2.06 bits per heavy atom. The second kappa shape index (κ2) is 14.1. The normalized spacial score (nSPS) is 14.3. The molecule has 11 nitrogen and oxygen atoms in total. The Morgan fingerprint density at radius 2 is 1.52 bits per heavy atom. The molecule has 182 valence electrons. The van der Waals surface area contributed by atoms with E-state index in [0.717, 1.165) is 5.56 Å². The van der Waals surface area contributed by atoms with Crippen LogP contribution in [0, 0.1) is 0 Å². The first-order valence-corrected chi connectivity index (χ1v) is 11.6. The van der Waals surface area contributed by atoms with E-state index < -0.39 is 60.2 Å². The SMILES string of the molecule is CSCCC(NC(=O)C(CC(=O)O)NC(=O)C(N)Cc1ccccc1)C(=O)NC(C)C(=O)O. The monoisotopic (exact) mass is 482 g/mol. The molecule has 0 bridgehead atoms. The maximum atomic E-state index is 12.8. The largest absolute Gasteiger partial charge is 0.481 e. The molecular weight excluding hydrogens is 452 g/mol. The van der Waals surface area contributed by atoms with Crippen molar-refractivity contribution in [3.63, 3.8) is 0 Å². The van der Waals surface area contributed by atoms with Crippen molar-refractivity contribution in [2.24, 2.45) is 5.73 Å². The summed E-state index contributed by atoms with van der Waals surface area (Å²) in [6.07, 6.45) is 1.42. The highest BCUT2D eigenvalue weighted by Crippen LogP contribution is 2.05. The lowest BCUT2D eigenvalue weighted by molar-refractivity contribution is -0.143. The van der Waals surface area contributed by atoms with Gasteiger partial charge in [-0.15, -0.1) is 0 Å². The number of amides is 3. The number of carbonyl (C=O) groups is 5. The van der Waals surface area contributed by atoms with Crippen molar-refractivity contribution in [3.05, 3.63) is 35.9 Å². The fourth-order valence-electron chi connectivity index (χ4n) is 2.78. The van der Waals surface area contributed by atoms with Gasteiger partial charge in [0.25, 0.3) is 0 Å². The third kappa shape index (κ3) is 10.4. The molecule has 0 saturated carbocycles. The average Bonchev–Trinajstić information content (AvgIpc) is 2.75. The van der Waals surface area contributed by atoms with Crippen molar-refractivity contribution < 1.29 is 34.2 Å². The first-order chi connectivity index (χ1) is 15.5.